The number of nitrogens with one attached hydrogen (secondary N) is 9. The molecule has 3 atom stereocenters. The maximum atomic E-state index is 13.3. The lowest BCUT2D eigenvalue weighted by molar-refractivity contribution is -0.129. The van der Waals surface area contributed by atoms with Crippen LogP contribution < -0.4 is 59.3 Å². The topological polar surface area (TPSA) is 416 Å². The van der Waals surface area contributed by atoms with E-state index in [1.54, 1.807) is 27.7 Å². The minimum atomic E-state index is -0.865. The van der Waals surface area contributed by atoms with Gasteiger partial charge in [-0.3, -0.25) is 43.2 Å². The van der Waals surface area contributed by atoms with Crippen LogP contribution in [-0.4, -0.2) is 197 Å². The summed E-state index contributed by atoms with van der Waals surface area (Å²) in [4.78, 5) is 111. The lowest BCUT2D eigenvalue weighted by atomic mass is 9.98. The van der Waals surface area contributed by atoms with E-state index in [-0.39, 0.29) is 164 Å². The van der Waals surface area contributed by atoms with Crippen molar-refractivity contribution < 1.29 is 72.5 Å². The molecule has 86 heavy (non-hydrogen) atoms. The van der Waals surface area contributed by atoms with Crippen LogP contribution in [-0.2, 0) is 62.1 Å². The predicted molar refractivity (Wildman–Crippen MR) is 328 cm³/mol. The number of carbonyl (C=O) groups excluding carboxylic acids is 9. The van der Waals surface area contributed by atoms with E-state index in [1.165, 1.54) is 6.42 Å². The average Bonchev–Trinajstić information content (AvgIpc) is 3.42. The van der Waals surface area contributed by atoms with E-state index < -0.39 is 35.0 Å². The van der Waals surface area contributed by atoms with E-state index in [9.17, 15) is 53.6 Å². The maximum Gasteiger partial charge on any atom is 0.246 e. The van der Waals surface area contributed by atoms with Gasteiger partial charge in [-0.1, -0.05) is 57.3 Å². The van der Waals surface area contributed by atoms with Gasteiger partial charge < -0.3 is 88.7 Å². The number of ether oxygens (including phenoxy) is 4. The zero-order valence-electron chi connectivity index (χ0n) is 53.5. The van der Waals surface area contributed by atoms with Crippen LogP contribution in [0.15, 0.2) is 10.3 Å². The molecule has 0 heterocycles. The number of amides is 9. The van der Waals surface area contributed by atoms with Crippen molar-refractivity contribution in [2.45, 2.75) is 195 Å². The zero-order valence-corrected chi connectivity index (χ0v) is 53.5. The van der Waals surface area contributed by atoms with E-state index in [4.69, 9.17) is 30.4 Å². The molecule has 28 nitrogen and oxygen atoms in total. The molecule has 9 amide bonds. The summed E-state index contributed by atoms with van der Waals surface area (Å²) < 4.78 is 21.5. The first kappa shape index (κ1) is 82.0. The Kier molecular flexibility index (Phi) is 48.6. The lowest BCUT2D eigenvalue weighted by Crippen LogP contribution is -2.57. The summed E-state index contributed by atoms with van der Waals surface area (Å²) in [5, 5.41) is 51.4. The predicted octanol–water partition coefficient (Wildman–Crippen LogP) is 1.55. The second-order valence-electron chi connectivity index (χ2n) is 22.3. The molecule has 0 aliphatic heterocycles. The Morgan fingerprint density at radius 3 is 1.22 bits per heavy atom. The Morgan fingerprint density at radius 2 is 0.802 bits per heavy atom. The maximum absolute atomic E-state index is 13.3. The van der Waals surface area contributed by atoms with Crippen molar-refractivity contribution in [1.82, 2.24) is 47.9 Å². The molecule has 0 unspecified atom stereocenters. The van der Waals surface area contributed by atoms with Crippen LogP contribution >= 0.6 is 0 Å². The third-order valence-corrected chi connectivity index (χ3v) is 13.6. The molecule has 0 aromatic rings. The number of rotatable bonds is 52. The molecule has 0 aliphatic carbocycles. The highest BCUT2D eigenvalue weighted by molar-refractivity contribution is 5.91. The number of nitrogens with zero attached hydrogens (tertiary/aromatic N) is 2. The van der Waals surface area contributed by atoms with Gasteiger partial charge in [0.05, 0.1) is 68.2 Å². The summed E-state index contributed by atoms with van der Waals surface area (Å²) in [6.07, 6.45) is 7.33. The van der Waals surface area contributed by atoms with E-state index >= 15 is 0 Å². The fourth-order valence-electron chi connectivity index (χ4n) is 7.36. The third kappa shape index (κ3) is 46.2. The Bertz CT molecular complexity index is 1980. The van der Waals surface area contributed by atoms with E-state index in [1.807, 2.05) is 27.7 Å². The van der Waals surface area contributed by atoms with Crippen molar-refractivity contribution >= 4 is 64.6 Å². The van der Waals surface area contributed by atoms with Gasteiger partial charge in [-0.05, 0) is 99.3 Å². The monoisotopic (exact) mass is 1230 g/mol. The number of carbonyl (C=O) groups is 9. The molecule has 0 spiro atoms. The molecule has 0 aromatic carbocycles. The van der Waals surface area contributed by atoms with Crippen molar-refractivity contribution in [1.29, 1.82) is 0 Å². The Morgan fingerprint density at radius 1 is 0.453 bits per heavy atom. The first-order valence-corrected chi connectivity index (χ1v) is 30.5. The molecular formula is C58H111N13O15. The van der Waals surface area contributed by atoms with Crippen molar-refractivity contribution in [3.8, 4) is 0 Å². The Labute approximate surface area is 510 Å². The SMILES string of the molecule is C/C(=N\O)C(C)(C)NCC(CNC(C)(C)/C(C)=N/O)NC(=O)CCCC(=O)NCCCC[C@H](NC(=O)CCCC(=O)NCCOCCOCC(=O)NCCOCCOCC(=O)NCCCC[C@H](C)C(N)=O)C(=O)NCCCC[C@H](C)C(N)=O.CCC. The summed E-state index contributed by atoms with van der Waals surface area (Å²) in [5.41, 5.74) is 10.2. The molecule has 0 aliphatic rings. The van der Waals surface area contributed by atoms with Crippen molar-refractivity contribution in [2.75, 3.05) is 98.7 Å². The summed E-state index contributed by atoms with van der Waals surface area (Å²) in [7, 11) is 0. The highest BCUT2D eigenvalue weighted by Gasteiger charge is 2.27. The normalized spacial score (nSPS) is 13.2. The molecule has 0 aromatic heterocycles. The van der Waals surface area contributed by atoms with E-state index in [2.05, 4.69) is 72.0 Å². The van der Waals surface area contributed by atoms with Gasteiger partial charge in [0.1, 0.15) is 19.3 Å². The quantitative estimate of drug-likeness (QED) is 0.0178. The van der Waals surface area contributed by atoms with Crippen LogP contribution in [0.25, 0.3) is 0 Å². The fraction of sp³-hybridized carbons (Fsp3) is 0.810. The second-order valence-corrected chi connectivity index (χ2v) is 22.3. The van der Waals surface area contributed by atoms with Gasteiger partial charge in [-0.2, -0.15) is 0 Å². The largest absolute Gasteiger partial charge is 0.411 e. The number of hydrogen-bond acceptors (Lipinski definition) is 19. The van der Waals surface area contributed by atoms with Gasteiger partial charge in [0.15, 0.2) is 0 Å². The average molecular weight is 1230 g/mol. The van der Waals surface area contributed by atoms with Crippen LogP contribution in [0.3, 0.4) is 0 Å². The van der Waals surface area contributed by atoms with Crippen LogP contribution in [0.4, 0.5) is 0 Å². The van der Waals surface area contributed by atoms with Gasteiger partial charge in [-0.15, -0.1) is 0 Å². The van der Waals surface area contributed by atoms with Gasteiger partial charge in [-0.25, -0.2) is 0 Å². The van der Waals surface area contributed by atoms with E-state index in [0.29, 0.717) is 82.7 Å². The van der Waals surface area contributed by atoms with Crippen molar-refractivity contribution in [2.24, 2.45) is 33.6 Å². The minimum absolute atomic E-state index is 0.00449. The van der Waals surface area contributed by atoms with Crippen LogP contribution in [0.1, 0.15) is 172 Å². The minimum Gasteiger partial charge on any atom is -0.411 e. The molecule has 0 saturated heterocycles. The molecule has 0 saturated carbocycles. The highest BCUT2D eigenvalue weighted by Crippen LogP contribution is 2.11. The summed E-state index contributed by atoms with van der Waals surface area (Å²) in [5.74, 6) is -3.35. The van der Waals surface area contributed by atoms with Gasteiger partial charge in [0.2, 0.25) is 53.2 Å². The van der Waals surface area contributed by atoms with Crippen LogP contribution in [0.5, 0.6) is 0 Å². The van der Waals surface area contributed by atoms with Crippen molar-refractivity contribution in [3.05, 3.63) is 0 Å². The lowest BCUT2D eigenvalue weighted by Gasteiger charge is -2.32. The van der Waals surface area contributed by atoms with Crippen LogP contribution in [0.2, 0.25) is 0 Å². The van der Waals surface area contributed by atoms with Gasteiger partial charge in [0, 0.05) is 83.3 Å². The number of oxime groups is 2. The smallest absolute Gasteiger partial charge is 0.246 e. The highest BCUT2D eigenvalue weighted by atomic mass is 16.5. The van der Waals surface area contributed by atoms with Gasteiger partial charge >= 0.3 is 0 Å². The molecule has 0 radical (unpaired) electrons. The van der Waals surface area contributed by atoms with Crippen molar-refractivity contribution in [3.63, 3.8) is 0 Å². The first-order valence-electron chi connectivity index (χ1n) is 30.5. The number of nitrogens with two attached hydrogens (primary N) is 2. The molecule has 498 valence electrons. The summed E-state index contributed by atoms with van der Waals surface area (Å²) >= 11 is 0. The number of unbranched alkanes of at least 4 members (excludes halogenated alkanes) is 3. The standard InChI is InChI=1S/C55H103N13O15.C3H8/c1-39(51(56)75)17-9-12-25-59-49(73)37-82-33-32-81-30-28-61-50(74)38-83-34-31-80-29-27-60-46(70)21-16-23-48(72)66-44(53(77)62-26-13-10-18-40(2)52(57)76)19-11-14-24-58-45(69)20-15-22-47(71)65-43(35-63-54(5,6)41(3)67-78)36-64-55(7,8)42(4)68-79;1-3-2/h39-40,43-44,63-64,78-79H,9-38H2,1-8H3,(H2,56,75)(H2,57,76)(H,58,69)(H,59,73)(H,60,70)(H,61,74)(H,62,77)(H,65,71)(H,66,72);3H2,1-2H3/b67-41+,68-42+;/t39-,40-,44-;/m0./s1. The number of primary amides is 2. The molecule has 15 N–H and O–H groups in total. The summed E-state index contributed by atoms with van der Waals surface area (Å²) in [6.45, 7) is 21.7. The van der Waals surface area contributed by atoms with E-state index in [0.717, 1.165) is 12.8 Å². The third-order valence-electron chi connectivity index (χ3n) is 13.6. The summed E-state index contributed by atoms with van der Waals surface area (Å²) in [6, 6.07) is -1.28. The first-order chi connectivity index (χ1) is 40.8. The number of hydrogen-bond donors (Lipinski definition) is 13. The molecule has 0 fully saturated rings. The Hall–Kier alpha value is -6.07. The fourth-order valence-corrected chi connectivity index (χ4v) is 7.36. The molecule has 0 rings (SSSR count). The van der Waals surface area contributed by atoms with Crippen LogP contribution in [0, 0.1) is 11.8 Å². The zero-order chi connectivity index (χ0) is 65.2. The molecule has 0 bridgehead atoms. The second kappa shape index (κ2) is 51.0. The molecular weight excluding hydrogens is 1120 g/mol. The van der Waals surface area contributed by atoms with Gasteiger partial charge in [0.25, 0.3) is 0 Å². The molecule has 28 heteroatoms. The Balaban J connectivity index is 0.